The molecule has 0 aliphatic carbocycles. The number of methoxy groups -OCH3 is 1. The summed E-state index contributed by atoms with van der Waals surface area (Å²) in [5.74, 6) is 0.346. The number of fused-ring (bicyclic) bond motifs is 1. The van der Waals surface area contributed by atoms with Gasteiger partial charge in [0.05, 0.1) is 31.3 Å². The lowest BCUT2D eigenvalue weighted by molar-refractivity contribution is 0.0935. The van der Waals surface area contributed by atoms with Crippen LogP contribution in [-0.2, 0) is 13.1 Å². The minimum Gasteiger partial charge on any atom is -0.497 e. The van der Waals surface area contributed by atoms with E-state index in [2.05, 4.69) is 5.32 Å². The minimum absolute atomic E-state index is 0.156. The lowest BCUT2D eigenvalue weighted by Gasteiger charge is -2.16. The second-order valence-corrected chi connectivity index (χ2v) is 7.22. The van der Waals surface area contributed by atoms with Crippen LogP contribution in [0.3, 0.4) is 0 Å². The van der Waals surface area contributed by atoms with Crippen LogP contribution in [0.1, 0.15) is 31.2 Å². The van der Waals surface area contributed by atoms with E-state index in [1.165, 1.54) is 0 Å². The lowest BCUT2D eigenvalue weighted by Crippen LogP contribution is -2.27. The molecule has 1 N–H and O–H groups in total. The van der Waals surface area contributed by atoms with Gasteiger partial charge in [-0.25, -0.2) is 0 Å². The fraction of sp³-hybridized carbons (Fsp3) is 0.143. The van der Waals surface area contributed by atoms with Gasteiger partial charge in [0.1, 0.15) is 5.75 Å². The van der Waals surface area contributed by atoms with Crippen molar-refractivity contribution in [2.75, 3.05) is 12.0 Å². The highest BCUT2D eigenvalue weighted by molar-refractivity contribution is 7.09. The van der Waals surface area contributed by atoms with Gasteiger partial charge in [0, 0.05) is 10.6 Å². The summed E-state index contributed by atoms with van der Waals surface area (Å²) in [6.07, 6.45) is 0. The largest absolute Gasteiger partial charge is 0.497 e. The van der Waals surface area contributed by atoms with Gasteiger partial charge in [-0.1, -0.05) is 18.2 Å². The van der Waals surface area contributed by atoms with E-state index in [1.54, 1.807) is 29.4 Å². The van der Waals surface area contributed by atoms with Crippen LogP contribution in [0.4, 0.5) is 5.69 Å². The van der Waals surface area contributed by atoms with Crippen molar-refractivity contribution in [1.82, 2.24) is 5.32 Å². The number of carbonyl (C=O) groups excluding carboxylic acids is 2. The number of nitrogens with one attached hydrogen (secondary N) is 1. The zero-order valence-electron chi connectivity index (χ0n) is 14.8. The summed E-state index contributed by atoms with van der Waals surface area (Å²) >= 11 is 1.59. The molecule has 0 spiro atoms. The van der Waals surface area contributed by atoms with Crippen molar-refractivity contribution in [2.45, 2.75) is 13.1 Å². The number of nitrogens with zero attached hydrogens (tertiary/aromatic N) is 1. The zero-order chi connectivity index (χ0) is 18.8. The minimum atomic E-state index is -0.231. The fourth-order valence-electron chi connectivity index (χ4n) is 3.20. The Morgan fingerprint density at radius 1 is 1.15 bits per heavy atom. The van der Waals surface area contributed by atoms with Crippen LogP contribution in [0.2, 0.25) is 0 Å². The molecule has 4 rings (SSSR count). The molecule has 2 amide bonds. The maximum Gasteiger partial charge on any atom is 0.259 e. The number of hydrogen-bond acceptors (Lipinski definition) is 4. The van der Waals surface area contributed by atoms with Gasteiger partial charge >= 0.3 is 0 Å². The topological polar surface area (TPSA) is 58.6 Å². The van der Waals surface area contributed by atoms with E-state index in [4.69, 9.17) is 4.74 Å². The van der Waals surface area contributed by atoms with Gasteiger partial charge < -0.3 is 15.0 Å². The van der Waals surface area contributed by atoms with Crippen molar-refractivity contribution < 1.29 is 14.3 Å². The lowest BCUT2D eigenvalue weighted by atomic mass is 10.0. The Morgan fingerprint density at radius 2 is 1.96 bits per heavy atom. The molecular weight excluding hydrogens is 360 g/mol. The Morgan fingerprint density at radius 3 is 2.67 bits per heavy atom. The van der Waals surface area contributed by atoms with E-state index >= 15 is 0 Å². The molecule has 0 bridgehead atoms. The summed E-state index contributed by atoms with van der Waals surface area (Å²) in [6, 6.07) is 16.7. The molecule has 1 aromatic heterocycles. The van der Waals surface area contributed by atoms with Crippen molar-refractivity contribution in [3.63, 3.8) is 0 Å². The maximum absolute atomic E-state index is 13.0. The number of thiophene rings is 1. The molecule has 1 aliphatic rings. The van der Waals surface area contributed by atoms with Gasteiger partial charge in [-0.05, 0) is 47.3 Å². The van der Waals surface area contributed by atoms with Crippen molar-refractivity contribution in [2.24, 2.45) is 0 Å². The molecule has 0 atom stereocenters. The quantitative estimate of drug-likeness (QED) is 0.734. The fourth-order valence-corrected chi connectivity index (χ4v) is 3.84. The number of carbonyl (C=O) groups is 2. The summed E-state index contributed by atoms with van der Waals surface area (Å²) < 4.78 is 5.17. The molecule has 0 fully saturated rings. The van der Waals surface area contributed by atoms with Crippen molar-refractivity contribution in [3.8, 4) is 5.75 Å². The van der Waals surface area contributed by atoms with E-state index in [0.717, 1.165) is 21.9 Å². The molecule has 27 heavy (non-hydrogen) atoms. The van der Waals surface area contributed by atoms with Crippen LogP contribution in [0.25, 0.3) is 0 Å². The van der Waals surface area contributed by atoms with Gasteiger partial charge in [0.15, 0.2) is 0 Å². The van der Waals surface area contributed by atoms with Crippen LogP contribution < -0.4 is 15.0 Å². The van der Waals surface area contributed by atoms with Crippen LogP contribution in [0.5, 0.6) is 5.75 Å². The molecule has 2 aromatic carbocycles. The van der Waals surface area contributed by atoms with Gasteiger partial charge in [-0.15, -0.1) is 11.3 Å². The Hall–Kier alpha value is -3.12. The highest BCUT2D eigenvalue weighted by Gasteiger charge is 2.32. The second-order valence-electron chi connectivity index (χ2n) is 6.19. The third-order valence-corrected chi connectivity index (χ3v) is 5.45. The average Bonchev–Trinajstić information content (AvgIpc) is 3.34. The van der Waals surface area contributed by atoms with E-state index in [-0.39, 0.29) is 11.8 Å². The first-order valence-corrected chi connectivity index (χ1v) is 9.43. The predicted molar refractivity (Wildman–Crippen MR) is 105 cm³/mol. The number of rotatable bonds is 5. The third-order valence-electron chi connectivity index (χ3n) is 4.57. The molecule has 1 aliphatic heterocycles. The Balaban J connectivity index is 1.58. The van der Waals surface area contributed by atoms with Crippen molar-refractivity contribution in [1.29, 1.82) is 0 Å². The Labute approximate surface area is 161 Å². The van der Waals surface area contributed by atoms with Gasteiger partial charge in [0.25, 0.3) is 11.8 Å². The Kier molecular flexibility index (Phi) is 4.64. The first-order valence-electron chi connectivity index (χ1n) is 8.56. The van der Waals surface area contributed by atoms with Crippen LogP contribution >= 0.6 is 11.3 Å². The van der Waals surface area contributed by atoms with Crippen molar-refractivity contribution in [3.05, 3.63) is 81.5 Å². The summed E-state index contributed by atoms with van der Waals surface area (Å²) in [4.78, 5) is 28.5. The van der Waals surface area contributed by atoms with Gasteiger partial charge in [0.2, 0.25) is 0 Å². The zero-order valence-corrected chi connectivity index (χ0v) is 15.6. The van der Waals surface area contributed by atoms with E-state index in [0.29, 0.717) is 24.2 Å². The summed E-state index contributed by atoms with van der Waals surface area (Å²) in [6.45, 7) is 0.906. The number of amides is 2. The van der Waals surface area contributed by atoms with Crippen molar-refractivity contribution >= 4 is 28.8 Å². The standard InChI is InChI=1S/C21H18N2O3S/c1-26-16-9-7-15(8-10-16)23-13-14-4-2-6-18(19(14)21(23)25)20(24)22-12-17-5-3-11-27-17/h2-11H,12-13H2,1H3,(H,22,24). The summed E-state index contributed by atoms with van der Waals surface area (Å²) in [5.41, 5.74) is 2.55. The molecule has 5 nitrogen and oxygen atoms in total. The van der Waals surface area contributed by atoms with Crippen LogP contribution in [-0.4, -0.2) is 18.9 Å². The first-order chi connectivity index (χ1) is 13.2. The first kappa shape index (κ1) is 17.3. The summed E-state index contributed by atoms with van der Waals surface area (Å²) in [7, 11) is 1.60. The SMILES string of the molecule is COc1ccc(N2Cc3cccc(C(=O)NCc4cccs4)c3C2=O)cc1. The van der Waals surface area contributed by atoms with Crippen LogP contribution in [0.15, 0.2) is 60.0 Å². The third kappa shape index (κ3) is 3.31. The van der Waals surface area contributed by atoms with E-state index in [9.17, 15) is 9.59 Å². The smallest absolute Gasteiger partial charge is 0.259 e. The number of ether oxygens (including phenoxy) is 1. The second kappa shape index (κ2) is 7.25. The molecule has 0 unspecified atom stereocenters. The van der Waals surface area contributed by atoms with Gasteiger partial charge in [-0.3, -0.25) is 9.59 Å². The number of anilines is 1. The van der Waals surface area contributed by atoms with Crippen LogP contribution in [0, 0.1) is 0 Å². The highest BCUT2D eigenvalue weighted by Crippen LogP contribution is 2.31. The molecule has 3 aromatic rings. The monoisotopic (exact) mass is 378 g/mol. The number of hydrogen-bond donors (Lipinski definition) is 1. The van der Waals surface area contributed by atoms with E-state index < -0.39 is 0 Å². The molecular formula is C21H18N2O3S. The average molecular weight is 378 g/mol. The normalized spacial score (nSPS) is 12.8. The van der Waals surface area contributed by atoms with Gasteiger partial charge in [-0.2, -0.15) is 0 Å². The van der Waals surface area contributed by atoms with E-state index in [1.807, 2.05) is 53.9 Å². The summed E-state index contributed by atoms with van der Waals surface area (Å²) in [5, 5.41) is 4.88. The molecule has 0 saturated carbocycles. The molecule has 2 heterocycles. The molecule has 0 radical (unpaired) electrons. The molecule has 136 valence electrons. The Bertz CT molecular complexity index is 981. The molecule has 6 heteroatoms. The maximum atomic E-state index is 13.0. The molecule has 0 saturated heterocycles. The predicted octanol–water partition coefficient (Wildman–Crippen LogP) is 3.85. The number of benzene rings is 2. The highest BCUT2D eigenvalue weighted by atomic mass is 32.1.